The molecule has 0 spiro atoms. The number of benzene rings is 1. The van der Waals surface area contributed by atoms with Crippen LogP contribution in [0.2, 0.25) is 0 Å². The van der Waals surface area contributed by atoms with Gasteiger partial charge in [0.2, 0.25) is 5.91 Å². The Bertz CT molecular complexity index is 1210. The standard InChI is InChI=1S/C26H30FN5O/c1-26-12-10-16-15-4-3-5-21(27)17(15)6-7-18(16)24(26)19(20-14-28-30-25(20)26)8-9-23(33)29-22-11-13-32(2)31-22/h3-5,11,13-14,16,18-19,24H,6-10,12H2,1-2H3,(H,28,30)(H,29,31,33)/t16?,18?,19-,24?,26+/m1/s1. The highest BCUT2D eigenvalue weighted by molar-refractivity contribution is 5.89. The van der Waals surface area contributed by atoms with Gasteiger partial charge in [-0.1, -0.05) is 19.1 Å². The van der Waals surface area contributed by atoms with Gasteiger partial charge in [-0.15, -0.1) is 0 Å². The van der Waals surface area contributed by atoms with Crippen LogP contribution in [0.1, 0.15) is 73.2 Å². The zero-order chi connectivity index (χ0) is 22.7. The molecule has 1 amide bonds. The second kappa shape index (κ2) is 7.54. The van der Waals surface area contributed by atoms with Crippen molar-refractivity contribution in [2.45, 2.75) is 62.7 Å². The van der Waals surface area contributed by atoms with Crippen molar-refractivity contribution in [1.82, 2.24) is 20.0 Å². The van der Waals surface area contributed by atoms with Crippen molar-refractivity contribution in [3.63, 3.8) is 0 Å². The van der Waals surface area contributed by atoms with E-state index in [2.05, 4.69) is 33.6 Å². The normalized spacial score (nSPS) is 29.7. The minimum Gasteiger partial charge on any atom is -0.309 e. The predicted molar refractivity (Wildman–Crippen MR) is 123 cm³/mol. The zero-order valence-corrected chi connectivity index (χ0v) is 19.1. The Morgan fingerprint density at radius 3 is 3.00 bits per heavy atom. The van der Waals surface area contributed by atoms with Gasteiger partial charge in [-0.2, -0.15) is 10.2 Å². The van der Waals surface area contributed by atoms with E-state index in [-0.39, 0.29) is 23.1 Å². The van der Waals surface area contributed by atoms with Crippen LogP contribution < -0.4 is 5.32 Å². The van der Waals surface area contributed by atoms with E-state index in [1.54, 1.807) is 10.7 Å². The molecule has 3 aromatic rings. The lowest BCUT2D eigenvalue weighted by atomic mass is 9.53. The lowest BCUT2D eigenvalue weighted by Gasteiger charge is -2.50. The van der Waals surface area contributed by atoms with Gasteiger partial charge in [0.1, 0.15) is 5.82 Å². The fourth-order valence-corrected chi connectivity index (χ4v) is 7.39. The van der Waals surface area contributed by atoms with E-state index >= 15 is 0 Å². The third kappa shape index (κ3) is 3.15. The molecule has 1 fully saturated rings. The number of amides is 1. The summed E-state index contributed by atoms with van der Waals surface area (Å²) in [6.07, 6.45) is 8.96. The molecule has 6 rings (SSSR count). The molecular weight excluding hydrogens is 417 g/mol. The molecular formula is C26H30FN5O. The van der Waals surface area contributed by atoms with Gasteiger partial charge in [0, 0.05) is 36.8 Å². The summed E-state index contributed by atoms with van der Waals surface area (Å²) < 4.78 is 16.2. The van der Waals surface area contributed by atoms with Crippen LogP contribution in [-0.2, 0) is 23.7 Å². The molecule has 0 bridgehead atoms. The lowest BCUT2D eigenvalue weighted by molar-refractivity contribution is -0.116. The van der Waals surface area contributed by atoms with Gasteiger partial charge < -0.3 is 5.32 Å². The SMILES string of the molecule is Cn1ccc(NC(=O)CC[C@@H]2c3cn[nH]c3[C@@]3(C)CCC4c5cccc(F)c5CCC4C23)n1. The van der Waals surface area contributed by atoms with Crippen LogP contribution >= 0.6 is 0 Å². The number of hydrogen-bond donors (Lipinski definition) is 2. The minimum atomic E-state index is -0.0529. The molecule has 172 valence electrons. The van der Waals surface area contributed by atoms with Gasteiger partial charge >= 0.3 is 0 Å². The number of nitrogens with one attached hydrogen (secondary N) is 2. The Hall–Kier alpha value is -2.96. The maximum Gasteiger partial charge on any atom is 0.225 e. The Morgan fingerprint density at radius 2 is 2.18 bits per heavy atom. The number of hydrogen-bond acceptors (Lipinski definition) is 3. The van der Waals surface area contributed by atoms with Crippen molar-refractivity contribution >= 4 is 11.7 Å². The highest BCUT2D eigenvalue weighted by Gasteiger charge is 2.57. The highest BCUT2D eigenvalue weighted by Crippen LogP contribution is 2.64. The zero-order valence-electron chi connectivity index (χ0n) is 19.1. The molecule has 2 heterocycles. The van der Waals surface area contributed by atoms with E-state index in [1.165, 1.54) is 16.8 Å². The van der Waals surface area contributed by atoms with Crippen molar-refractivity contribution in [2.24, 2.45) is 18.9 Å². The van der Waals surface area contributed by atoms with Crippen LogP contribution in [0.3, 0.4) is 0 Å². The van der Waals surface area contributed by atoms with Crippen LogP contribution in [0.4, 0.5) is 10.2 Å². The summed E-state index contributed by atoms with van der Waals surface area (Å²) in [4.78, 5) is 12.7. The summed E-state index contributed by atoms with van der Waals surface area (Å²) >= 11 is 0. The first-order chi connectivity index (χ1) is 16.0. The summed E-state index contributed by atoms with van der Waals surface area (Å²) in [5.41, 5.74) is 4.70. The first kappa shape index (κ1) is 20.6. The van der Waals surface area contributed by atoms with E-state index in [0.717, 1.165) is 37.7 Å². The lowest BCUT2D eigenvalue weighted by Crippen LogP contribution is -2.44. The van der Waals surface area contributed by atoms with E-state index < -0.39 is 0 Å². The van der Waals surface area contributed by atoms with Crippen molar-refractivity contribution in [3.8, 4) is 0 Å². The Labute approximate surface area is 193 Å². The summed E-state index contributed by atoms with van der Waals surface area (Å²) in [7, 11) is 1.84. The number of H-pyrrole nitrogens is 1. The minimum absolute atomic E-state index is 0.00392. The number of rotatable bonds is 4. The van der Waals surface area contributed by atoms with E-state index in [9.17, 15) is 9.18 Å². The fourth-order valence-electron chi connectivity index (χ4n) is 7.39. The van der Waals surface area contributed by atoms with Crippen LogP contribution in [0.15, 0.2) is 36.7 Å². The van der Waals surface area contributed by atoms with Crippen LogP contribution in [-0.4, -0.2) is 25.9 Å². The average molecular weight is 448 g/mol. The molecule has 1 saturated carbocycles. The quantitative estimate of drug-likeness (QED) is 0.603. The molecule has 1 aromatic carbocycles. The van der Waals surface area contributed by atoms with E-state index in [0.29, 0.717) is 30.0 Å². The van der Waals surface area contributed by atoms with Gasteiger partial charge in [-0.05, 0) is 78.5 Å². The van der Waals surface area contributed by atoms with Crippen LogP contribution in [0.5, 0.6) is 0 Å². The fraction of sp³-hybridized carbons (Fsp3) is 0.500. The number of carbonyl (C=O) groups excluding carboxylic acids is 1. The predicted octanol–water partition coefficient (Wildman–Crippen LogP) is 4.81. The molecule has 3 aliphatic carbocycles. The van der Waals surface area contributed by atoms with Crippen molar-refractivity contribution in [1.29, 1.82) is 0 Å². The summed E-state index contributed by atoms with van der Waals surface area (Å²) in [5, 5.41) is 14.9. The van der Waals surface area contributed by atoms with Gasteiger partial charge in [0.15, 0.2) is 5.82 Å². The summed E-state index contributed by atoms with van der Waals surface area (Å²) in [5.74, 6) is 2.12. The number of aromatic nitrogens is 4. The molecule has 0 radical (unpaired) electrons. The highest BCUT2D eigenvalue weighted by atomic mass is 19.1. The number of carbonyl (C=O) groups is 1. The third-order valence-electron chi connectivity index (χ3n) is 8.71. The van der Waals surface area contributed by atoms with Crippen molar-refractivity contribution in [2.75, 3.05) is 5.32 Å². The van der Waals surface area contributed by atoms with Crippen molar-refractivity contribution in [3.05, 3.63) is 64.9 Å². The maximum absolute atomic E-state index is 14.5. The number of halogens is 1. The van der Waals surface area contributed by atoms with Gasteiger partial charge in [-0.25, -0.2) is 4.39 Å². The smallest absolute Gasteiger partial charge is 0.225 e. The van der Waals surface area contributed by atoms with E-state index in [4.69, 9.17) is 0 Å². The first-order valence-corrected chi connectivity index (χ1v) is 12.1. The molecule has 5 atom stereocenters. The van der Waals surface area contributed by atoms with Gasteiger partial charge in [0.05, 0.1) is 6.20 Å². The number of anilines is 1. The molecule has 6 nitrogen and oxygen atoms in total. The molecule has 2 aromatic heterocycles. The second-order valence-corrected chi connectivity index (χ2v) is 10.4. The Balaban J connectivity index is 1.28. The number of aryl methyl sites for hydroxylation is 1. The third-order valence-corrected chi connectivity index (χ3v) is 8.71. The van der Waals surface area contributed by atoms with E-state index in [1.807, 2.05) is 31.6 Å². The molecule has 3 aliphatic rings. The molecule has 0 saturated heterocycles. The summed E-state index contributed by atoms with van der Waals surface area (Å²) in [6.45, 7) is 2.37. The maximum atomic E-state index is 14.5. The topological polar surface area (TPSA) is 75.6 Å². The number of nitrogens with zero attached hydrogens (tertiary/aromatic N) is 3. The number of aromatic amines is 1. The molecule has 0 aliphatic heterocycles. The summed E-state index contributed by atoms with van der Waals surface area (Å²) in [6, 6.07) is 7.41. The van der Waals surface area contributed by atoms with Crippen LogP contribution in [0.25, 0.3) is 0 Å². The second-order valence-electron chi connectivity index (χ2n) is 10.4. The Morgan fingerprint density at radius 1 is 1.30 bits per heavy atom. The molecule has 7 heteroatoms. The average Bonchev–Trinajstić information content (AvgIpc) is 3.49. The molecule has 2 N–H and O–H groups in total. The molecule has 3 unspecified atom stereocenters. The Kier molecular flexibility index (Phi) is 4.71. The van der Waals surface area contributed by atoms with Crippen LogP contribution in [0, 0.1) is 17.7 Å². The number of fused-ring (bicyclic) bond motifs is 7. The largest absolute Gasteiger partial charge is 0.309 e. The molecule has 33 heavy (non-hydrogen) atoms. The van der Waals surface area contributed by atoms with Crippen molar-refractivity contribution < 1.29 is 9.18 Å². The van der Waals surface area contributed by atoms with Gasteiger partial charge in [0.25, 0.3) is 0 Å². The monoisotopic (exact) mass is 447 g/mol. The van der Waals surface area contributed by atoms with Gasteiger partial charge in [-0.3, -0.25) is 14.6 Å². The first-order valence-electron chi connectivity index (χ1n) is 12.1.